The number of halogens is 2. The number of benzene rings is 1. The Kier molecular flexibility index (Phi) is 5.34. The van der Waals surface area contributed by atoms with Crippen molar-refractivity contribution in [1.29, 1.82) is 0 Å². The lowest BCUT2D eigenvalue weighted by atomic mass is 10.1. The highest BCUT2D eigenvalue weighted by molar-refractivity contribution is 6.35. The Morgan fingerprint density at radius 3 is 2.95 bits per heavy atom. The Hall–Kier alpha value is -0.480. The van der Waals surface area contributed by atoms with Gasteiger partial charge in [-0.15, -0.1) is 0 Å². The van der Waals surface area contributed by atoms with E-state index in [1.807, 2.05) is 0 Å². The van der Waals surface area contributed by atoms with Crippen LogP contribution < -0.4 is 5.32 Å². The summed E-state index contributed by atoms with van der Waals surface area (Å²) in [7, 11) is 0. The molecule has 106 valence electrons. The van der Waals surface area contributed by atoms with Crippen molar-refractivity contribution in [2.45, 2.75) is 32.4 Å². The molecule has 0 saturated carbocycles. The first kappa shape index (κ1) is 14.9. The number of nitrogens with zero attached hydrogens (tertiary/aromatic N) is 1. The van der Waals surface area contributed by atoms with Crippen LogP contribution in [-0.4, -0.2) is 35.7 Å². The Labute approximate surface area is 124 Å². The van der Waals surface area contributed by atoms with E-state index in [0.29, 0.717) is 22.6 Å². The van der Waals surface area contributed by atoms with Crippen molar-refractivity contribution < 1.29 is 5.11 Å². The van der Waals surface area contributed by atoms with Gasteiger partial charge in [0.25, 0.3) is 0 Å². The number of aromatic hydroxyl groups is 1. The zero-order chi connectivity index (χ0) is 13.8. The molecule has 0 bridgehead atoms. The fraction of sp³-hybridized carbons (Fsp3) is 0.571. The maximum Gasteiger partial charge on any atom is 0.138 e. The third-order valence-corrected chi connectivity index (χ3v) is 4.15. The average molecular weight is 303 g/mol. The second-order valence-corrected chi connectivity index (χ2v) is 5.85. The normalized spacial score (nSPS) is 20.7. The van der Waals surface area contributed by atoms with Gasteiger partial charge in [0.1, 0.15) is 5.75 Å². The smallest absolute Gasteiger partial charge is 0.138 e. The van der Waals surface area contributed by atoms with E-state index in [0.717, 1.165) is 18.7 Å². The van der Waals surface area contributed by atoms with Crippen molar-refractivity contribution >= 4 is 23.2 Å². The maximum atomic E-state index is 9.91. The van der Waals surface area contributed by atoms with Gasteiger partial charge in [-0.25, -0.2) is 0 Å². The van der Waals surface area contributed by atoms with Crippen LogP contribution in [0.2, 0.25) is 10.0 Å². The van der Waals surface area contributed by atoms with Crippen molar-refractivity contribution in [2.75, 3.05) is 19.6 Å². The number of likely N-dealkylation sites (tertiary alicyclic amines) is 1. The molecule has 1 atom stereocenters. The molecule has 0 aliphatic carbocycles. The molecular formula is C14H20Cl2N2O. The molecule has 2 N–H and O–H groups in total. The zero-order valence-electron chi connectivity index (χ0n) is 11.1. The highest BCUT2D eigenvalue weighted by Gasteiger charge is 2.18. The summed E-state index contributed by atoms with van der Waals surface area (Å²) in [4.78, 5) is 2.44. The van der Waals surface area contributed by atoms with Gasteiger partial charge in [0, 0.05) is 29.7 Å². The summed E-state index contributed by atoms with van der Waals surface area (Å²) in [6.07, 6.45) is 2.39. The lowest BCUT2D eigenvalue weighted by Crippen LogP contribution is -2.45. The van der Waals surface area contributed by atoms with Crippen molar-refractivity contribution in [2.24, 2.45) is 0 Å². The molecule has 1 aromatic carbocycles. The summed E-state index contributed by atoms with van der Waals surface area (Å²) in [6, 6.07) is 3.78. The minimum atomic E-state index is 0.127. The van der Waals surface area contributed by atoms with Crippen molar-refractivity contribution in [3.63, 3.8) is 0 Å². The molecule has 1 fully saturated rings. The molecule has 3 nitrogen and oxygen atoms in total. The molecule has 0 radical (unpaired) electrons. The summed E-state index contributed by atoms with van der Waals surface area (Å²) < 4.78 is 0. The molecule has 1 saturated heterocycles. The summed E-state index contributed by atoms with van der Waals surface area (Å²) in [5, 5.41) is 14.2. The first-order valence-corrected chi connectivity index (χ1v) is 7.48. The molecule has 0 aromatic heterocycles. The van der Waals surface area contributed by atoms with Crippen LogP contribution in [0.15, 0.2) is 12.1 Å². The predicted octanol–water partition coefficient (Wildman–Crippen LogP) is 3.27. The molecule has 0 amide bonds. The quantitative estimate of drug-likeness (QED) is 0.896. The van der Waals surface area contributed by atoms with Gasteiger partial charge in [-0.1, -0.05) is 30.1 Å². The van der Waals surface area contributed by atoms with Crippen LogP contribution >= 0.6 is 23.2 Å². The van der Waals surface area contributed by atoms with Crippen LogP contribution in [0.4, 0.5) is 0 Å². The average Bonchev–Trinajstić information content (AvgIpc) is 2.41. The van der Waals surface area contributed by atoms with Crippen LogP contribution in [0, 0.1) is 0 Å². The van der Waals surface area contributed by atoms with E-state index in [1.54, 1.807) is 12.1 Å². The topological polar surface area (TPSA) is 35.5 Å². The maximum absolute atomic E-state index is 9.91. The largest absolute Gasteiger partial charge is 0.506 e. The van der Waals surface area contributed by atoms with Crippen LogP contribution in [0.5, 0.6) is 5.75 Å². The number of phenolic OH excluding ortho intramolecular Hbond substituents is 1. The minimum absolute atomic E-state index is 0.127. The fourth-order valence-electron chi connectivity index (χ4n) is 2.52. The third kappa shape index (κ3) is 3.99. The number of piperidine rings is 1. The van der Waals surface area contributed by atoms with Gasteiger partial charge in [0.05, 0.1) is 5.02 Å². The lowest BCUT2D eigenvalue weighted by molar-refractivity contribution is 0.198. The molecule has 1 unspecified atom stereocenters. The van der Waals surface area contributed by atoms with E-state index in [2.05, 4.69) is 17.1 Å². The molecular weight excluding hydrogens is 283 g/mol. The molecule has 19 heavy (non-hydrogen) atoms. The van der Waals surface area contributed by atoms with E-state index in [-0.39, 0.29) is 5.75 Å². The van der Waals surface area contributed by atoms with Gasteiger partial charge in [-0.3, -0.25) is 0 Å². The van der Waals surface area contributed by atoms with Crippen LogP contribution in [0.1, 0.15) is 25.3 Å². The highest BCUT2D eigenvalue weighted by Crippen LogP contribution is 2.31. The van der Waals surface area contributed by atoms with Gasteiger partial charge in [-0.05, 0) is 38.1 Å². The van der Waals surface area contributed by atoms with E-state index >= 15 is 0 Å². The number of nitrogens with one attached hydrogen (secondary N) is 1. The first-order chi connectivity index (χ1) is 9.10. The number of likely N-dealkylation sites (N-methyl/N-ethyl adjacent to an activating group) is 1. The second kappa shape index (κ2) is 6.80. The minimum Gasteiger partial charge on any atom is -0.506 e. The van der Waals surface area contributed by atoms with Gasteiger partial charge < -0.3 is 15.3 Å². The van der Waals surface area contributed by atoms with Crippen LogP contribution in [0.25, 0.3) is 0 Å². The Morgan fingerprint density at radius 1 is 1.42 bits per heavy atom. The van der Waals surface area contributed by atoms with E-state index in [4.69, 9.17) is 23.2 Å². The fourth-order valence-corrected chi connectivity index (χ4v) is 3.05. The summed E-state index contributed by atoms with van der Waals surface area (Å²) in [6.45, 7) is 6.11. The first-order valence-electron chi connectivity index (χ1n) is 6.72. The predicted molar refractivity (Wildman–Crippen MR) is 80.1 cm³/mol. The van der Waals surface area contributed by atoms with Crippen LogP contribution in [0.3, 0.4) is 0 Å². The number of rotatable bonds is 4. The summed E-state index contributed by atoms with van der Waals surface area (Å²) in [5.41, 5.74) is 0.756. The molecule has 1 aliphatic rings. The molecule has 1 aliphatic heterocycles. The van der Waals surface area contributed by atoms with Crippen LogP contribution in [-0.2, 0) is 6.54 Å². The van der Waals surface area contributed by atoms with Crippen molar-refractivity contribution in [3.05, 3.63) is 27.7 Å². The molecule has 0 spiro atoms. The second-order valence-electron chi connectivity index (χ2n) is 5.01. The monoisotopic (exact) mass is 302 g/mol. The Balaban J connectivity index is 1.95. The van der Waals surface area contributed by atoms with Gasteiger partial charge in [0.2, 0.25) is 0 Å². The number of hydrogen-bond donors (Lipinski definition) is 2. The van der Waals surface area contributed by atoms with Gasteiger partial charge in [0.15, 0.2) is 0 Å². The number of phenols is 1. The van der Waals surface area contributed by atoms with Gasteiger partial charge in [-0.2, -0.15) is 0 Å². The Bertz CT molecular complexity index is 440. The van der Waals surface area contributed by atoms with E-state index < -0.39 is 0 Å². The molecule has 1 aromatic rings. The number of hydrogen-bond acceptors (Lipinski definition) is 3. The molecule has 2 rings (SSSR count). The zero-order valence-corrected chi connectivity index (χ0v) is 12.6. The van der Waals surface area contributed by atoms with Crippen molar-refractivity contribution in [3.8, 4) is 5.75 Å². The SMILES string of the molecule is CCN1CCCC(NCc2cc(Cl)cc(Cl)c2O)C1. The van der Waals surface area contributed by atoms with Gasteiger partial charge >= 0.3 is 0 Å². The highest BCUT2D eigenvalue weighted by atomic mass is 35.5. The Morgan fingerprint density at radius 2 is 2.21 bits per heavy atom. The molecule has 1 heterocycles. The lowest BCUT2D eigenvalue weighted by Gasteiger charge is -2.32. The molecule has 5 heteroatoms. The standard InChI is InChI=1S/C14H20Cl2N2O/c1-2-18-5-3-4-12(9-18)17-8-10-6-11(15)7-13(16)14(10)19/h6-7,12,17,19H,2-5,8-9H2,1H3. The van der Waals surface area contributed by atoms with E-state index in [9.17, 15) is 5.11 Å². The van der Waals surface area contributed by atoms with Crippen molar-refractivity contribution in [1.82, 2.24) is 10.2 Å². The van der Waals surface area contributed by atoms with E-state index in [1.165, 1.54) is 19.4 Å². The third-order valence-electron chi connectivity index (χ3n) is 3.64. The summed E-state index contributed by atoms with van der Waals surface area (Å²) in [5.74, 6) is 0.127. The summed E-state index contributed by atoms with van der Waals surface area (Å²) >= 11 is 11.9.